The predicted octanol–water partition coefficient (Wildman–Crippen LogP) is 3.14. The summed E-state index contributed by atoms with van der Waals surface area (Å²) in [6.45, 7) is 6.55. The van der Waals surface area contributed by atoms with Crippen LogP contribution in [0.2, 0.25) is 0 Å². The van der Waals surface area contributed by atoms with Crippen molar-refractivity contribution in [1.82, 2.24) is 4.98 Å². The minimum atomic E-state index is 0.0967. The van der Waals surface area contributed by atoms with Crippen LogP contribution in [0.5, 0.6) is 0 Å². The van der Waals surface area contributed by atoms with Gasteiger partial charge in [0.05, 0.1) is 6.20 Å². The molecule has 0 spiro atoms. The van der Waals surface area contributed by atoms with E-state index < -0.39 is 0 Å². The highest BCUT2D eigenvalue weighted by molar-refractivity contribution is 4.98. The second-order valence-corrected chi connectivity index (χ2v) is 3.82. The fraction of sp³-hybridized carbons (Fsp3) is 0.700. The molecule has 0 aliphatic rings. The molecule has 1 aromatic rings. The lowest BCUT2D eigenvalue weighted by Crippen LogP contribution is -2.17. The molecule has 68 valence electrons. The summed E-state index contributed by atoms with van der Waals surface area (Å²) in [4.78, 5) is 4.17. The topological polar surface area (TPSA) is 26.0 Å². The summed E-state index contributed by atoms with van der Waals surface area (Å²) in [5.41, 5.74) is 0.0967. The number of aromatic nitrogens is 1. The minimum Gasteiger partial charge on any atom is -0.448 e. The van der Waals surface area contributed by atoms with E-state index in [9.17, 15) is 0 Å². The van der Waals surface area contributed by atoms with Gasteiger partial charge >= 0.3 is 0 Å². The highest BCUT2D eigenvalue weighted by atomic mass is 16.3. The number of hydrogen-bond donors (Lipinski definition) is 0. The molecule has 0 radical (unpaired) electrons. The first-order valence-electron chi connectivity index (χ1n) is 4.57. The summed E-state index contributed by atoms with van der Waals surface area (Å²) >= 11 is 0. The molecule has 0 bridgehead atoms. The Morgan fingerprint density at radius 1 is 1.50 bits per heavy atom. The van der Waals surface area contributed by atoms with Gasteiger partial charge in [-0.1, -0.05) is 33.6 Å². The van der Waals surface area contributed by atoms with Gasteiger partial charge in [0.15, 0.2) is 5.89 Å². The molecule has 0 N–H and O–H groups in total. The van der Waals surface area contributed by atoms with Crippen molar-refractivity contribution in [1.29, 1.82) is 0 Å². The Hall–Kier alpha value is -0.790. The lowest BCUT2D eigenvalue weighted by molar-refractivity contribution is 0.341. The van der Waals surface area contributed by atoms with Gasteiger partial charge < -0.3 is 4.42 Å². The van der Waals surface area contributed by atoms with Crippen LogP contribution in [0.3, 0.4) is 0 Å². The van der Waals surface area contributed by atoms with E-state index in [1.165, 1.54) is 12.8 Å². The standard InChI is InChI=1S/C10H17NO/c1-4-5-6-10(2,3)9-11-7-8-12-9/h7-8H,4-6H2,1-3H3. The maximum absolute atomic E-state index is 5.28. The third-order valence-electron chi connectivity index (χ3n) is 2.17. The predicted molar refractivity (Wildman–Crippen MR) is 49.1 cm³/mol. The van der Waals surface area contributed by atoms with Crippen molar-refractivity contribution in [3.63, 3.8) is 0 Å². The van der Waals surface area contributed by atoms with Crippen molar-refractivity contribution in [3.05, 3.63) is 18.4 Å². The number of unbranched alkanes of at least 4 members (excludes halogenated alkanes) is 1. The van der Waals surface area contributed by atoms with E-state index >= 15 is 0 Å². The zero-order chi connectivity index (χ0) is 9.03. The van der Waals surface area contributed by atoms with Gasteiger partial charge in [-0.2, -0.15) is 0 Å². The van der Waals surface area contributed by atoms with Gasteiger partial charge in [0.25, 0.3) is 0 Å². The average Bonchev–Trinajstić information content (AvgIpc) is 2.53. The average molecular weight is 167 g/mol. The first-order valence-corrected chi connectivity index (χ1v) is 4.57. The van der Waals surface area contributed by atoms with Crippen molar-refractivity contribution in [2.75, 3.05) is 0 Å². The molecule has 1 aromatic heterocycles. The van der Waals surface area contributed by atoms with Crippen LogP contribution in [-0.2, 0) is 5.41 Å². The number of hydrogen-bond acceptors (Lipinski definition) is 2. The zero-order valence-corrected chi connectivity index (χ0v) is 8.13. The molecule has 0 atom stereocenters. The summed E-state index contributed by atoms with van der Waals surface area (Å²) in [6, 6.07) is 0. The van der Waals surface area contributed by atoms with Crippen molar-refractivity contribution < 1.29 is 4.42 Å². The minimum absolute atomic E-state index is 0.0967. The van der Waals surface area contributed by atoms with Crippen molar-refractivity contribution in [2.24, 2.45) is 0 Å². The number of nitrogens with zero attached hydrogens (tertiary/aromatic N) is 1. The van der Waals surface area contributed by atoms with E-state index in [0.29, 0.717) is 0 Å². The Kier molecular flexibility index (Phi) is 2.90. The van der Waals surface area contributed by atoms with E-state index in [2.05, 4.69) is 25.8 Å². The van der Waals surface area contributed by atoms with Crippen molar-refractivity contribution >= 4 is 0 Å². The molecular weight excluding hydrogens is 150 g/mol. The molecule has 2 heteroatoms. The number of oxazole rings is 1. The van der Waals surface area contributed by atoms with Gasteiger partial charge in [0.1, 0.15) is 6.26 Å². The van der Waals surface area contributed by atoms with Gasteiger partial charge in [0.2, 0.25) is 0 Å². The van der Waals surface area contributed by atoms with Gasteiger partial charge in [-0.25, -0.2) is 4.98 Å². The van der Waals surface area contributed by atoms with Gasteiger partial charge in [0, 0.05) is 5.41 Å². The van der Waals surface area contributed by atoms with Crippen LogP contribution in [-0.4, -0.2) is 4.98 Å². The smallest absolute Gasteiger partial charge is 0.199 e. The quantitative estimate of drug-likeness (QED) is 0.688. The van der Waals surface area contributed by atoms with Crippen LogP contribution in [0.15, 0.2) is 16.9 Å². The second-order valence-electron chi connectivity index (χ2n) is 3.82. The van der Waals surface area contributed by atoms with E-state index in [4.69, 9.17) is 4.42 Å². The SMILES string of the molecule is CCCCC(C)(C)c1ncco1. The molecular formula is C10H17NO. The fourth-order valence-electron chi connectivity index (χ4n) is 1.28. The molecule has 0 aromatic carbocycles. The molecule has 0 amide bonds. The largest absolute Gasteiger partial charge is 0.448 e. The summed E-state index contributed by atoms with van der Waals surface area (Å²) in [5, 5.41) is 0. The van der Waals surface area contributed by atoms with Gasteiger partial charge in [-0.05, 0) is 6.42 Å². The molecule has 0 saturated heterocycles. The first-order chi connectivity index (χ1) is 5.67. The van der Waals surface area contributed by atoms with Crippen molar-refractivity contribution in [2.45, 2.75) is 45.4 Å². The Bertz CT molecular complexity index is 214. The molecule has 0 aliphatic heterocycles. The lowest BCUT2D eigenvalue weighted by atomic mass is 9.87. The molecule has 12 heavy (non-hydrogen) atoms. The second kappa shape index (κ2) is 3.74. The summed E-state index contributed by atoms with van der Waals surface area (Å²) in [7, 11) is 0. The third kappa shape index (κ3) is 2.10. The molecule has 1 rings (SSSR count). The Morgan fingerprint density at radius 2 is 2.25 bits per heavy atom. The first kappa shape index (κ1) is 9.30. The summed E-state index contributed by atoms with van der Waals surface area (Å²) in [6.07, 6.45) is 6.95. The van der Waals surface area contributed by atoms with Crippen LogP contribution < -0.4 is 0 Å². The highest BCUT2D eigenvalue weighted by Gasteiger charge is 2.24. The maximum atomic E-state index is 5.28. The number of rotatable bonds is 4. The van der Waals surface area contributed by atoms with E-state index in [1.54, 1.807) is 12.5 Å². The highest BCUT2D eigenvalue weighted by Crippen LogP contribution is 2.27. The molecule has 2 nitrogen and oxygen atoms in total. The van der Waals surface area contributed by atoms with Gasteiger partial charge in [-0.3, -0.25) is 0 Å². The molecule has 0 aliphatic carbocycles. The molecule has 1 heterocycles. The molecule has 0 fully saturated rings. The Balaban J connectivity index is 2.59. The Labute approximate surface area is 74.0 Å². The normalized spacial score (nSPS) is 11.9. The third-order valence-corrected chi connectivity index (χ3v) is 2.17. The van der Waals surface area contributed by atoms with Gasteiger partial charge in [-0.15, -0.1) is 0 Å². The molecule has 0 unspecified atom stereocenters. The zero-order valence-electron chi connectivity index (χ0n) is 8.13. The van der Waals surface area contributed by atoms with Crippen LogP contribution in [0, 0.1) is 0 Å². The van der Waals surface area contributed by atoms with E-state index in [1.807, 2.05) is 0 Å². The summed E-state index contributed by atoms with van der Waals surface area (Å²) < 4.78 is 5.28. The van der Waals surface area contributed by atoms with Crippen LogP contribution in [0.25, 0.3) is 0 Å². The van der Waals surface area contributed by atoms with Crippen LogP contribution in [0.1, 0.15) is 45.9 Å². The van der Waals surface area contributed by atoms with Crippen LogP contribution in [0.4, 0.5) is 0 Å². The van der Waals surface area contributed by atoms with E-state index in [-0.39, 0.29) is 5.41 Å². The Morgan fingerprint density at radius 3 is 2.75 bits per heavy atom. The fourth-order valence-corrected chi connectivity index (χ4v) is 1.28. The van der Waals surface area contributed by atoms with E-state index in [0.717, 1.165) is 12.3 Å². The summed E-state index contributed by atoms with van der Waals surface area (Å²) in [5.74, 6) is 0.857. The molecule has 0 saturated carbocycles. The monoisotopic (exact) mass is 167 g/mol. The van der Waals surface area contributed by atoms with Crippen LogP contribution >= 0.6 is 0 Å². The lowest BCUT2D eigenvalue weighted by Gasteiger charge is -2.19. The van der Waals surface area contributed by atoms with Crippen molar-refractivity contribution in [3.8, 4) is 0 Å². The maximum Gasteiger partial charge on any atom is 0.199 e.